The lowest BCUT2D eigenvalue weighted by Crippen LogP contribution is -2.35. The van der Waals surface area contributed by atoms with Gasteiger partial charge in [0.25, 0.3) is 0 Å². The Hall–Kier alpha value is -1.64. The molecule has 0 amide bonds. The molecule has 2 rings (SSSR count). The predicted octanol–water partition coefficient (Wildman–Crippen LogP) is 3.13. The molecule has 3 heteroatoms. The number of ether oxygens (including phenoxy) is 1. The summed E-state index contributed by atoms with van der Waals surface area (Å²) < 4.78 is 5.29. The molecule has 1 atom stereocenters. The summed E-state index contributed by atoms with van der Waals surface area (Å²) in [5.41, 5.74) is 0.420. The summed E-state index contributed by atoms with van der Waals surface area (Å²) >= 11 is 0. The van der Waals surface area contributed by atoms with Gasteiger partial charge in [-0.15, -0.1) is 0 Å². The fourth-order valence-electron chi connectivity index (χ4n) is 2.22. The van der Waals surface area contributed by atoms with Crippen LogP contribution >= 0.6 is 0 Å². The minimum atomic E-state index is -0.703. The van der Waals surface area contributed by atoms with E-state index in [1.807, 2.05) is 37.3 Å². The van der Waals surface area contributed by atoms with Crippen LogP contribution in [0.25, 0.3) is 0 Å². The minimum absolute atomic E-state index is 0.197. The van der Waals surface area contributed by atoms with E-state index in [9.17, 15) is 4.79 Å². The Morgan fingerprint density at radius 2 is 1.94 bits per heavy atom. The fourth-order valence-corrected chi connectivity index (χ4v) is 2.22. The van der Waals surface area contributed by atoms with Gasteiger partial charge in [-0.05, 0) is 18.4 Å². The average Bonchev–Trinajstić information content (AvgIpc) is 2.68. The normalized spacial score (nSPS) is 22.8. The SMILES string of the molecule is CCCC1=N[C@@](CC)(Cc2ccccc2)C(=O)O1. The minimum Gasteiger partial charge on any atom is -0.410 e. The number of aliphatic imine (C=N–C) groups is 1. The topological polar surface area (TPSA) is 38.7 Å². The lowest BCUT2D eigenvalue weighted by atomic mass is 9.89. The van der Waals surface area contributed by atoms with E-state index >= 15 is 0 Å². The van der Waals surface area contributed by atoms with E-state index in [-0.39, 0.29) is 5.97 Å². The Bertz CT molecular complexity index is 453. The molecule has 1 aromatic rings. The van der Waals surface area contributed by atoms with Gasteiger partial charge in [0.05, 0.1) is 0 Å². The van der Waals surface area contributed by atoms with Crippen molar-refractivity contribution in [3.8, 4) is 0 Å². The number of hydrogen-bond donors (Lipinski definition) is 0. The number of carbonyl (C=O) groups is 1. The quantitative estimate of drug-likeness (QED) is 0.747. The van der Waals surface area contributed by atoms with Crippen molar-refractivity contribution in [3.05, 3.63) is 35.9 Å². The molecular formula is C15H19NO2. The second-order valence-electron chi connectivity index (χ2n) is 4.69. The molecule has 0 radical (unpaired) electrons. The van der Waals surface area contributed by atoms with Gasteiger partial charge in [-0.2, -0.15) is 0 Å². The van der Waals surface area contributed by atoms with Crippen LogP contribution in [0.15, 0.2) is 35.3 Å². The Morgan fingerprint density at radius 3 is 2.56 bits per heavy atom. The molecule has 1 aromatic carbocycles. The molecule has 1 heterocycles. The van der Waals surface area contributed by atoms with Crippen molar-refractivity contribution < 1.29 is 9.53 Å². The van der Waals surface area contributed by atoms with Crippen LogP contribution in [-0.4, -0.2) is 17.4 Å². The number of benzene rings is 1. The van der Waals surface area contributed by atoms with Crippen molar-refractivity contribution in [2.45, 2.75) is 45.1 Å². The van der Waals surface area contributed by atoms with Crippen molar-refractivity contribution in [2.75, 3.05) is 0 Å². The third kappa shape index (κ3) is 2.45. The smallest absolute Gasteiger partial charge is 0.340 e. The zero-order valence-electron chi connectivity index (χ0n) is 11.0. The molecule has 0 spiro atoms. The molecule has 0 fully saturated rings. The summed E-state index contributed by atoms with van der Waals surface area (Å²) in [7, 11) is 0. The molecule has 0 saturated heterocycles. The first-order chi connectivity index (χ1) is 8.70. The molecule has 18 heavy (non-hydrogen) atoms. The zero-order valence-corrected chi connectivity index (χ0v) is 11.0. The summed E-state index contributed by atoms with van der Waals surface area (Å²) in [4.78, 5) is 16.6. The summed E-state index contributed by atoms with van der Waals surface area (Å²) in [6, 6.07) is 9.99. The highest BCUT2D eigenvalue weighted by Crippen LogP contribution is 2.29. The maximum atomic E-state index is 12.1. The first-order valence-corrected chi connectivity index (χ1v) is 6.55. The number of nitrogens with zero attached hydrogens (tertiary/aromatic N) is 1. The van der Waals surface area contributed by atoms with Gasteiger partial charge in [-0.1, -0.05) is 44.2 Å². The zero-order chi connectivity index (χ0) is 13.0. The van der Waals surface area contributed by atoms with Crippen molar-refractivity contribution in [2.24, 2.45) is 4.99 Å². The van der Waals surface area contributed by atoms with Gasteiger partial charge in [0.15, 0.2) is 11.4 Å². The molecule has 3 nitrogen and oxygen atoms in total. The molecule has 0 unspecified atom stereocenters. The number of cyclic esters (lactones) is 1. The van der Waals surface area contributed by atoms with Crippen LogP contribution in [0.2, 0.25) is 0 Å². The van der Waals surface area contributed by atoms with Gasteiger partial charge in [0.2, 0.25) is 0 Å². The second kappa shape index (κ2) is 5.34. The van der Waals surface area contributed by atoms with E-state index in [0.29, 0.717) is 18.7 Å². The van der Waals surface area contributed by atoms with Crippen LogP contribution in [0.5, 0.6) is 0 Å². The summed E-state index contributed by atoms with van der Waals surface area (Å²) in [6.45, 7) is 4.04. The van der Waals surface area contributed by atoms with Crippen LogP contribution in [-0.2, 0) is 16.0 Å². The van der Waals surface area contributed by atoms with Gasteiger partial charge in [0.1, 0.15) is 0 Å². The second-order valence-corrected chi connectivity index (χ2v) is 4.69. The number of rotatable bonds is 5. The van der Waals surface area contributed by atoms with Crippen molar-refractivity contribution >= 4 is 11.9 Å². The Morgan fingerprint density at radius 1 is 1.22 bits per heavy atom. The van der Waals surface area contributed by atoms with Crippen molar-refractivity contribution in [3.63, 3.8) is 0 Å². The summed E-state index contributed by atoms with van der Waals surface area (Å²) in [5.74, 6) is 0.401. The van der Waals surface area contributed by atoms with E-state index < -0.39 is 5.54 Å². The van der Waals surface area contributed by atoms with Gasteiger partial charge in [-0.3, -0.25) is 0 Å². The third-order valence-corrected chi connectivity index (χ3v) is 3.32. The Balaban J connectivity index is 2.23. The number of esters is 1. The maximum Gasteiger partial charge on any atom is 0.340 e. The number of carbonyl (C=O) groups excluding carboxylic acids is 1. The van der Waals surface area contributed by atoms with Crippen LogP contribution in [0.4, 0.5) is 0 Å². The lowest BCUT2D eigenvalue weighted by molar-refractivity contribution is -0.139. The largest absolute Gasteiger partial charge is 0.410 e. The van der Waals surface area contributed by atoms with Crippen molar-refractivity contribution in [1.82, 2.24) is 0 Å². The summed E-state index contributed by atoms with van der Waals surface area (Å²) in [6.07, 6.45) is 2.98. The highest BCUT2D eigenvalue weighted by atomic mass is 16.6. The van der Waals surface area contributed by atoms with E-state index in [2.05, 4.69) is 11.9 Å². The van der Waals surface area contributed by atoms with Crippen LogP contribution in [0.3, 0.4) is 0 Å². The highest BCUT2D eigenvalue weighted by Gasteiger charge is 2.44. The standard InChI is InChI=1S/C15H19NO2/c1-3-8-13-16-15(4-2,14(17)18-13)11-12-9-6-5-7-10-12/h5-7,9-10H,3-4,8,11H2,1-2H3/t15-/m0/s1. The van der Waals surface area contributed by atoms with Gasteiger partial charge in [0, 0.05) is 12.8 Å². The lowest BCUT2D eigenvalue weighted by Gasteiger charge is -2.19. The van der Waals surface area contributed by atoms with Crippen LogP contribution < -0.4 is 0 Å². The maximum absolute atomic E-state index is 12.1. The molecule has 0 aromatic heterocycles. The monoisotopic (exact) mass is 245 g/mol. The van der Waals surface area contributed by atoms with E-state index in [1.165, 1.54) is 0 Å². The Kier molecular flexibility index (Phi) is 3.80. The van der Waals surface area contributed by atoms with Gasteiger partial charge < -0.3 is 4.74 Å². The van der Waals surface area contributed by atoms with Gasteiger partial charge in [-0.25, -0.2) is 9.79 Å². The average molecular weight is 245 g/mol. The summed E-state index contributed by atoms with van der Waals surface area (Å²) in [5, 5.41) is 0. The molecule has 96 valence electrons. The van der Waals surface area contributed by atoms with E-state index in [1.54, 1.807) is 0 Å². The molecular weight excluding hydrogens is 226 g/mol. The fraction of sp³-hybridized carbons (Fsp3) is 0.467. The van der Waals surface area contributed by atoms with Gasteiger partial charge >= 0.3 is 5.97 Å². The molecule has 0 saturated carbocycles. The molecule has 1 aliphatic rings. The molecule has 1 aliphatic heterocycles. The third-order valence-electron chi connectivity index (χ3n) is 3.32. The first-order valence-electron chi connectivity index (χ1n) is 6.55. The predicted molar refractivity (Wildman–Crippen MR) is 71.6 cm³/mol. The highest BCUT2D eigenvalue weighted by molar-refractivity contribution is 6.00. The van der Waals surface area contributed by atoms with E-state index in [0.717, 1.165) is 18.4 Å². The molecule has 0 N–H and O–H groups in total. The van der Waals surface area contributed by atoms with Crippen molar-refractivity contribution in [1.29, 1.82) is 0 Å². The van der Waals surface area contributed by atoms with E-state index in [4.69, 9.17) is 4.74 Å². The molecule has 0 bridgehead atoms. The van der Waals surface area contributed by atoms with Crippen LogP contribution in [0.1, 0.15) is 38.7 Å². The Labute approximate surface area is 108 Å². The first kappa shape index (κ1) is 12.8. The van der Waals surface area contributed by atoms with Crippen LogP contribution in [0, 0.1) is 0 Å². The number of hydrogen-bond acceptors (Lipinski definition) is 3. The molecule has 0 aliphatic carbocycles.